The molecule has 5 heteroatoms. The van der Waals surface area contributed by atoms with Gasteiger partial charge in [-0.2, -0.15) is 5.26 Å². The van der Waals surface area contributed by atoms with Crippen LogP contribution in [0.25, 0.3) is 0 Å². The van der Waals surface area contributed by atoms with E-state index in [1.54, 1.807) is 42.6 Å². The number of hydrogen-bond acceptors (Lipinski definition) is 4. The number of benzene rings is 1. The van der Waals surface area contributed by atoms with Crippen LogP contribution in [0.1, 0.15) is 23.3 Å². The van der Waals surface area contributed by atoms with E-state index in [1.165, 1.54) is 0 Å². The zero-order valence-electron chi connectivity index (χ0n) is 11.5. The maximum absolute atomic E-state index is 12.0. The summed E-state index contributed by atoms with van der Waals surface area (Å²) in [6.07, 6.45) is 2.72. The molecule has 2 aromatic rings. The van der Waals surface area contributed by atoms with Gasteiger partial charge in [0, 0.05) is 24.4 Å². The summed E-state index contributed by atoms with van der Waals surface area (Å²) in [5, 5.41) is 11.2. The summed E-state index contributed by atoms with van der Waals surface area (Å²) < 4.78 is 5.52. The molecule has 0 unspecified atom stereocenters. The number of pyridine rings is 1. The van der Waals surface area contributed by atoms with Crippen LogP contribution in [0.5, 0.6) is 5.75 Å². The minimum Gasteiger partial charge on any atom is -0.493 e. The number of carbonyl (C=O) groups is 1. The highest BCUT2D eigenvalue weighted by molar-refractivity contribution is 6.02. The Morgan fingerprint density at radius 2 is 2.19 bits per heavy atom. The first-order valence-electron chi connectivity index (χ1n) is 6.62. The molecule has 5 nitrogen and oxygen atoms in total. The third-order valence-corrected chi connectivity index (χ3v) is 2.69. The van der Waals surface area contributed by atoms with Crippen LogP contribution in [0.3, 0.4) is 0 Å². The molecule has 0 fully saturated rings. The number of anilines is 1. The lowest BCUT2D eigenvalue weighted by Crippen LogP contribution is -2.13. The highest BCUT2D eigenvalue weighted by Crippen LogP contribution is 2.18. The Labute approximate surface area is 123 Å². The van der Waals surface area contributed by atoms with Gasteiger partial charge in [-0.25, -0.2) is 0 Å². The van der Waals surface area contributed by atoms with E-state index in [2.05, 4.69) is 16.4 Å². The topological polar surface area (TPSA) is 75.0 Å². The average Bonchev–Trinajstić information content (AvgIpc) is 2.53. The first-order valence-corrected chi connectivity index (χ1v) is 6.62. The van der Waals surface area contributed by atoms with Gasteiger partial charge in [-0.3, -0.25) is 9.78 Å². The summed E-state index contributed by atoms with van der Waals surface area (Å²) in [6.45, 7) is 0.477. The summed E-state index contributed by atoms with van der Waals surface area (Å²) >= 11 is 0. The summed E-state index contributed by atoms with van der Waals surface area (Å²) in [7, 11) is 0. The lowest BCUT2D eigenvalue weighted by atomic mass is 10.2. The average molecular weight is 281 g/mol. The van der Waals surface area contributed by atoms with Crippen LogP contribution in [0.15, 0.2) is 48.7 Å². The molecular formula is C16H15N3O2. The highest BCUT2D eigenvalue weighted by atomic mass is 16.5. The largest absolute Gasteiger partial charge is 0.493 e. The molecule has 0 bridgehead atoms. The van der Waals surface area contributed by atoms with Gasteiger partial charge < -0.3 is 10.1 Å². The van der Waals surface area contributed by atoms with Gasteiger partial charge in [-0.15, -0.1) is 0 Å². The first-order chi connectivity index (χ1) is 10.3. The van der Waals surface area contributed by atoms with Crippen molar-refractivity contribution in [3.8, 4) is 11.8 Å². The molecule has 1 aromatic heterocycles. The number of aromatic nitrogens is 1. The Bertz CT molecular complexity index is 635. The predicted molar refractivity (Wildman–Crippen MR) is 79.0 cm³/mol. The zero-order valence-corrected chi connectivity index (χ0v) is 11.5. The third kappa shape index (κ3) is 4.62. The molecule has 1 N–H and O–H groups in total. The second kappa shape index (κ2) is 7.65. The van der Waals surface area contributed by atoms with Crippen molar-refractivity contribution >= 4 is 11.6 Å². The van der Waals surface area contributed by atoms with Crippen molar-refractivity contribution < 1.29 is 9.53 Å². The fourth-order valence-corrected chi connectivity index (χ4v) is 1.70. The van der Waals surface area contributed by atoms with Gasteiger partial charge in [-0.05, 0) is 30.7 Å². The second-order valence-electron chi connectivity index (χ2n) is 4.31. The quantitative estimate of drug-likeness (QED) is 0.826. The van der Waals surface area contributed by atoms with E-state index in [0.717, 1.165) is 0 Å². The second-order valence-corrected chi connectivity index (χ2v) is 4.31. The van der Waals surface area contributed by atoms with E-state index >= 15 is 0 Å². The maximum Gasteiger partial charge on any atom is 0.274 e. The molecule has 1 aromatic carbocycles. The number of hydrogen-bond donors (Lipinski definition) is 1. The molecule has 0 saturated carbocycles. The van der Waals surface area contributed by atoms with E-state index in [0.29, 0.717) is 36.6 Å². The van der Waals surface area contributed by atoms with E-state index in [-0.39, 0.29) is 5.91 Å². The van der Waals surface area contributed by atoms with Gasteiger partial charge in [0.15, 0.2) is 0 Å². The fraction of sp³-hybridized carbons (Fsp3) is 0.188. The number of amides is 1. The summed E-state index contributed by atoms with van der Waals surface area (Å²) in [4.78, 5) is 16.0. The van der Waals surface area contributed by atoms with E-state index in [9.17, 15) is 4.79 Å². The fourth-order valence-electron chi connectivity index (χ4n) is 1.70. The standard InChI is InChI=1S/C16H15N3O2/c17-9-2-4-11-21-14-7-5-6-13(12-14)19-16(20)15-8-1-3-10-18-15/h1,3,5-8,10,12H,2,4,11H2,(H,19,20). The summed E-state index contributed by atoms with van der Waals surface area (Å²) in [5.41, 5.74) is 1.00. The molecule has 0 spiro atoms. The molecule has 0 saturated heterocycles. The van der Waals surface area contributed by atoms with Crippen molar-refractivity contribution in [2.75, 3.05) is 11.9 Å². The third-order valence-electron chi connectivity index (χ3n) is 2.69. The predicted octanol–water partition coefficient (Wildman–Crippen LogP) is 3.02. The number of unbranched alkanes of at least 4 members (excludes halogenated alkanes) is 1. The van der Waals surface area contributed by atoms with Crippen molar-refractivity contribution in [1.82, 2.24) is 4.98 Å². The van der Waals surface area contributed by atoms with Crippen molar-refractivity contribution in [3.05, 3.63) is 54.4 Å². The molecule has 0 aliphatic carbocycles. The highest BCUT2D eigenvalue weighted by Gasteiger charge is 2.07. The minimum absolute atomic E-state index is 0.266. The smallest absolute Gasteiger partial charge is 0.274 e. The summed E-state index contributed by atoms with van der Waals surface area (Å²) in [6, 6.07) is 14.4. The summed E-state index contributed by atoms with van der Waals surface area (Å²) in [5.74, 6) is 0.393. The van der Waals surface area contributed by atoms with Gasteiger partial charge in [-0.1, -0.05) is 12.1 Å². The van der Waals surface area contributed by atoms with Crippen LogP contribution in [0.4, 0.5) is 5.69 Å². The number of rotatable bonds is 6. The molecule has 21 heavy (non-hydrogen) atoms. The molecule has 0 aliphatic rings. The van der Waals surface area contributed by atoms with Crippen LogP contribution >= 0.6 is 0 Å². The first kappa shape index (κ1) is 14.5. The van der Waals surface area contributed by atoms with Crippen LogP contribution in [-0.4, -0.2) is 17.5 Å². The SMILES string of the molecule is N#CCCCOc1cccc(NC(=O)c2ccccn2)c1. The van der Waals surface area contributed by atoms with Crippen molar-refractivity contribution in [1.29, 1.82) is 5.26 Å². The molecule has 0 atom stereocenters. The van der Waals surface area contributed by atoms with Crippen LogP contribution in [0, 0.1) is 11.3 Å². The number of nitrogens with zero attached hydrogens (tertiary/aromatic N) is 2. The maximum atomic E-state index is 12.0. The van der Waals surface area contributed by atoms with E-state index in [1.807, 2.05) is 6.07 Å². The number of carbonyl (C=O) groups excluding carboxylic acids is 1. The zero-order chi connectivity index (χ0) is 14.9. The lowest BCUT2D eigenvalue weighted by Gasteiger charge is -2.08. The Hall–Kier alpha value is -2.87. The molecular weight excluding hydrogens is 266 g/mol. The number of ether oxygens (including phenoxy) is 1. The van der Waals surface area contributed by atoms with Gasteiger partial charge >= 0.3 is 0 Å². The molecule has 2 rings (SSSR count). The van der Waals surface area contributed by atoms with Gasteiger partial charge in [0.1, 0.15) is 11.4 Å². The molecule has 106 valence electrons. The number of nitriles is 1. The van der Waals surface area contributed by atoms with E-state index in [4.69, 9.17) is 10.00 Å². The Balaban J connectivity index is 1.95. The molecule has 0 radical (unpaired) electrons. The molecule has 1 heterocycles. The van der Waals surface area contributed by atoms with Crippen LogP contribution in [-0.2, 0) is 0 Å². The van der Waals surface area contributed by atoms with Crippen molar-refractivity contribution in [2.24, 2.45) is 0 Å². The van der Waals surface area contributed by atoms with Gasteiger partial charge in [0.25, 0.3) is 5.91 Å². The molecule has 0 aliphatic heterocycles. The lowest BCUT2D eigenvalue weighted by molar-refractivity contribution is 0.102. The Morgan fingerprint density at radius 3 is 2.95 bits per heavy atom. The van der Waals surface area contributed by atoms with Crippen LogP contribution < -0.4 is 10.1 Å². The Morgan fingerprint density at radius 1 is 1.29 bits per heavy atom. The normalized spacial score (nSPS) is 9.67. The monoisotopic (exact) mass is 281 g/mol. The van der Waals surface area contributed by atoms with Crippen molar-refractivity contribution in [3.63, 3.8) is 0 Å². The van der Waals surface area contributed by atoms with Gasteiger partial charge in [0.2, 0.25) is 0 Å². The van der Waals surface area contributed by atoms with Crippen LogP contribution in [0.2, 0.25) is 0 Å². The van der Waals surface area contributed by atoms with Gasteiger partial charge in [0.05, 0.1) is 12.7 Å². The number of nitrogens with one attached hydrogen (secondary N) is 1. The van der Waals surface area contributed by atoms with E-state index < -0.39 is 0 Å². The minimum atomic E-state index is -0.266. The Kier molecular flexibility index (Phi) is 5.30. The molecule has 1 amide bonds. The van der Waals surface area contributed by atoms with Crippen molar-refractivity contribution in [2.45, 2.75) is 12.8 Å².